The number of fused-ring (bicyclic) bond motifs is 4. The molecule has 10 nitrogen and oxygen atoms in total. The maximum atomic E-state index is 12.8. The van der Waals surface area contributed by atoms with E-state index in [0.717, 1.165) is 16.8 Å². The summed E-state index contributed by atoms with van der Waals surface area (Å²) in [7, 11) is 3.88. The molecule has 47 heavy (non-hydrogen) atoms. The molecule has 1 aliphatic carbocycles. The van der Waals surface area contributed by atoms with Gasteiger partial charge in [-0.1, -0.05) is 30.3 Å². The third-order valence-electron chi connectivity index (χ3n) is 7.70. The van der Waals surface area contributed by atoms with E-state index in [0.29, 0.717) is 56.3 Å². The second-order valence-electron chi connectivity index (χ2n) is 11.2. The lowest BCUT2D eigenvalue weighted by Gasteiger charge is -2.15. The number of aromatic nitrogens is 2. The van der Waals surface area contributed by atoms with Gasteiger partial charge in [-0.25, -0.2) is 14.8 Å². The molecule has 1 aromatic heterocycles. The molecular weight excluding hydrogens is 598 g/mol. The van der Waals surface area contributed by atoms with Gasteiger partial charge in [0.05, 0.1) is 11.8 Å². The van der Waals surface area contributed by atoms with Gasteiger partial charge in [0.25, 0.3) is 0 Å². The lowest BCUT2D eigenvalue weighted by Crippen LogP contribution is -2.25. The van der Waals surface area contributed by atoms with Crippen LogP contribution in [0.2, 0.25) is 0 Å². The van der Waals surface area contributed by atoms with Crippen LogP contribution in [0.25, 0.3) is 56.1 Å². The Labute approximate surface area is 268 Å². The highest BCUT2D eigenvalue weighted by molar-refractivity contribution is 5.97. The van der Waals surface area contributed by atoms with Gasteiger partial charge < -0.3 is 28.3 Å². The number of aliphatic hydroxyl groups excluding tert-OH is 1. The number of nitrogens with zero attached hydrogens (tertiary/aromatic N) is 3. The lowest BCUT2D eigenvalue weighted by molar-refractivity contribution is 0.0130. The number of hydrogen-bond acceptors (Lipinski definition) is 10. The first-order chi connectivity index (χ1) is 22.8. The van der Waals surface area contributed by atoms with Crippen molar-refractivity contribution in [1.82, 2.24) is 9.97 Å². The van der Waals surface area contributed by atoms with Crippen LogP contribution in [0.1, 0.15) is 10.4 Å². The quantitative estimate of drug-likeness (QED) is 0.109. The molecule has 1 N–H and O–H groups in total. The van der Waals surface area contributed by atoms with Gasteiger partial charge in [0.1, 0.15) is 36.3 Å². The van der Waals surface area contributed by atoms with Crippen LogP contribution in [0, 0.1) is 0 Å². The Balaban J connectivity index is 0.997. The first-order valence-corrected chi connectivity index (χ1v) is 14.9. The average Bonchev–Trinajstić information content (AvgIpc) is 3.60. The smallest absolute Gasteiger partial charge is 0.338 e. The van der Waals surface area contributed by atoms with Gasteiger partial charge in [0, 0.05) is 47.7 Å². The molecule has 1 unspecified atom stereocenters. The van der Waals surface area contributed by atoms with Gasteiger partial charge >= 0.3 is 5.97 Å². The first kappa shape index (κ1) is 29.7. The van der Waals surface area contributed by atoms with Crippen LogP contribution < -0.4 is 15.1 Å². The molecule has 1 atom stereocenters. The lowest BCUT2D eigenvalue weighted by atomic mass is 10.0. The Bertz CT molecular complexity index is 2240. The number of anilines is 1. The molecule has 2 heterocycles. The zero-order valence-corrected chi connectivity index (χ0v) is 25.5. The van der Waals surface area contributed by atoms with E-state index in [4.69, 9.17) is 23.3 Å². The van der Waals surface area contributed by atoms with Gasteiger partial charge in [-0.2, -0.15) is 0 Å². The summed E-state index contributed by atoms with van der Waals surface area (Å²) in [4.78, 5) is 36.6. The van der Waals surface area contributed by atoms with Crippen molar-refractivity contribution in [2.45, 2.75) is 6.10 Å². The van der Waals surface area contributed by atoms with Crippen molar-refractivity contribution in [1.29, 1.82) is 0 Å². The number of benzene rings is 5. The molecular formula is C37H29N3O7. The fourth-order valence-corrected chi connectivity index (χ4v) is 5.20. The minimum atomic E-state index is -1.09. The molecule has 1 aliphatic heterocycles. The molecule has 0 bridgehead atoms. The van der Waals surface area contributed by atoms with E-state index in [-0.39, 0.29) is 18.6 Å². The molecule has 2 aliphatic rings. The Hall–Kier alpha value is -6.00. The number of esters is 1. The molecule has 234 valence electrons. The van der Waals surface area contributed by atoms with Crippen LogP contribution in [0.4, 0.5) is 5.69 Å². The molecule has 10 heteroatoms. The van der Waals surface area contributed by atoms with Gasteiger partial charge in [-0.3, -0.25) is 4.79 Å². The zero-order valence-electron chi connectivity index (χ0n) is 25.5. The second-order valence-corrected chi connectivity index (χ2v) is 11.2. The summed E-state index contributed by atoms with van der Waals surface area (Å²) in [6, 6.07) is 28.4. The standard InChI is InChI=1S/C37H29N3O7/c1-40(2)25-12-15-32-30(16-25)39-35-29-17-27(13-14-28(29)31(42)18-33(35)46-32)44-20-26(41)21-45-37(43)24-10-8-22(9-11-24)34-19-38-36(47-34)23-6-4-3-5-7-23/h3-19,26,41H,20-21H2,1-2H3. The Morgan fingerprint density at radius 3 is 2.45 bits per heavy atom. The third kappa shape index (κ3) is 6.14. The highest BCUT2D eigenvalue weighted by atomic mass is 16.5. The van der Waals surface area contributed by atoms with Crippen LogP contribution in [0.5, 0.6) is 5.75 Å². The number of oxazole rings is 1. The molecule has 0 amide bonds. The summed E-state index contributed by atoms with van der Waals surface area (Å²) in [5, 5.41) is 11.5. The van der Waals surface area contributed by atoms with E-state index in [1.54, 1.807) is 48.7 Å². The van der Waals surface area contributed by atoms with Crippen LogP contribution in [-0.2, 0) is 4.74 Å². The summed E-state index contributed by atoms with van der Waals surface area (Å²) in [6.07, 6.45) is 0.543. The van der Waals surface area contributed by atoms with E-state index in [1.165, 1.54) is 6.07 Å². The third-order valence-corrected chi connectivity index (χ3v) is 7.70. The SMILES string of the molecule is CN(C)c1ccc2oc3cc(=O)c4ccc(OCC(O)COC(=O)c5ccc(-c6cnc(-c7ccccc7)o6)cc5)cc4c-3nc2c1. The largest absolute Gasteiger partial charge is 0.491 e. The molecule has 0 spiro atoms. The number of rotatable bonds is 9. The number of aliphatic hydroxyl groups is 1. The Morgan fingerprint density at radius 2 is 1.66 bits per heavy atom. The summed E-state index contributed by atoms with van der Waals surface area (Å²) >= 11 is 0. The van der Waals surface area contributed by atoms with Crippen LogP contribution in [0.3, 0.4) is 0 Å². The molecule has 7 rings (SSSR count). The number of hydrogen-bond donors (Lipinski definition) is 1. The normalized spacial score (nSPS) is 12.0. The topological polar surface area (TPSA) is 128 Å². The van der Waals surface area contributed by atoms with Crippen molar-refractivity contribution in [3.63, 3.8) is 0 Å². The monoisotopic (exact) mass is 627 g/mol. The van der Waals surface area contributed by atoms with Crippen molar-refractivity contribution in [2.24, 2.45) is 0 Å². The summed E-state index contributed by atoms with van der Waals surface area (Å²) in [5.74, 6) is 1.27. The minimum absolute atomic E-state index is 0.144. The van der Waals surface area contributed by atoms with Gasteiger partial charge in [-0.15, -0.1) is 0 Å². The maximum Gasteiger partial charge on any atom is 0.338 e. The molecule has 5 aromatic rings. The molecule has 0 radical (unpaired) electrons. The van der Waals surface area contributed by atoms with E-state index < -0.39 is 12.1 Å². The Morgan fingerprint density at radius 1 is 0.851 bits per heavy atom. The van der Waals surface area contributed by atoms with E-state index in [1.807, 2.05) is 67.5 Å². The Kier molecular flexibility index (Phi) is 7.85. The van der Waals surface area contributed by atoms with Crippen molar-refractivity contribution >= 4 is 33.5 Å². The second kappa shape index (κ2) is 12.4. The van der Waals surface area contributed by atoms with E-state index in [2.05, 4.69) is 4.98 Å². The predicted octanol–water partition coefficient (Wildman–Crippen LogP) is 6.43. The van der Waals surface area contributed by atoms with Gasteiger partial charge in [0.15, 0.2) is 22.5 Å². The van der Waals surface area contributed by atoms with Crippen molar-refractivity contribution in [3.05, 3.63) is 119 Å². The summed E-state index contributed by atoms with van der Waals surface area (Å²) in [5.41, 5.74) is 4.44. The van der Waals surface area contributed by atoms with Crippen molar-refractivity contribution in [2.75, 3.05) is 32.2 Å². The average molecular weight is 628 g/mol. The molecule has 4 aromatic carbocycles. The fraction of sp³-hybridized carbons (Fsp3) is 0.135. The van der Waals surface area contributed by atoms with Crippen molar-refractivity contribution in [3.8, 4) is 40.0 Å². The zero-order chi connectivity index (χ0) is 32.5. The van der Waals surface area contributed by atoms with Crippen molar-refractivity contribution < 1.29 is 28.2 Å². The highest BCUT2D eigenvalue weighted by Gasteiger charge is 2.18. The summed E-state index contributed by atoms with van der Waals surface area (Å²) in [6.45, 7) is -0.417. The van der Waals surface area contributed by atoms with Gasteiger partial charge in [-0.05, 0) is 60.7 Å². The molecule has 0 saturated heterocycles. The van der Waals surface area contributed by atoms with E-state index in [9.17, 15) is 14.7 Å². The minimum Gasteiger partial charge on any atom is -0.491 e. The van der Waals surface area contributed by atoms with E-state index >= 15 is 0 Å². The number of ether oxygens (including phenoxy) is 2. The van der Waals surface area contributed by atoms with Crippen LogP contribution in [-0.4, -0.2) is 54.5 Å². The summed E-state index contributed by atoms with van der Waals surface area (Å²) < 4.78 is 23.0. The fourth-order valence-electron chi connectivity index (χ4n) is 5.20. The number of carbonyl (C=O) groups is 1. The van der Waals surface area contributed by atoms with Crippen LogP contribution in [0.15, 0.2) is 117 Å². The molecule has 0 fully saturated rings. The number of carbonyl (C=O) groups excluding carboxylic acids is 1. The molecule has 0 saturated carbocycles. The maximum absolute atomic E-state index is 12.8. The van der Waals surface area contributed by atoms with Crippen LogP contribution >= 0.6 is 0 Å². The highest BCUT2D eigenvalue weighted by Crippen LogP contribution is 2.33. The first-order valence-electron chi connectivity index (χ1n) is 14.9. The van der Waals surface area contributed by atoms with Gasteiger partial charge in [0.2, 0.25) is 5.89 Å². The predicted molar refractivity (Wildman–Crippen MR) is 178 cm³/mol.